The van der Waals surface area contributed by atoms with E-state index in [2.05, 4.69) is 169 Å². The first-order valence-corrected chi connectivity index (χ1v) is 20.3. The molecule has 0 atom stereocenters. The lowest BCUT2D eigenvalue weighted by molar-refractivity contribution is 1.18. The van der Waals surface area contributed by atoms with E-state index in [4.69, 9.17) is 9.97 Å². The molecule has 0 aliphatic rings. The highest BCUT2D eigenvalue weighted by molar-refractivity contribution is 7.26. The Hall–Kier alpha value is -6.79. The summed E-state index contributed by atoms with van der Waals surface area (Å²) in [5, 5.41) is 5.13. The molecule has 0 aliphatic heterocycles. The molecule has 0 unspecified atom stereocenters. The maximum absolute atomic E-state index is 5.38. The van der Waals surface area contributed by atoms with Crippen LogP contribution < -0.4 is 0 Å². The molecule has 11 rings (SSSR count). The van der Waals surface area contributed by atoms with Crippen molar-refractivity contribution >= 4 is 63.0 Å². The lowest BCUT2D eigenvalue weighted by atomic mass is 9.94. The van der Waals surface area contributed by atoms with Crippen LogP contribution in [0.25, 0.3) is 108 Å². The summed E-state index contributed by atoms with van der Waals surface area (Å²) in [4.78, 5) is 15.1. The molecular formula is C51H31N3S2. The molecule has 7 aromatic carbocycles. The fourth-order valence-corrected chi connectivity index (χ4v) is 10.4. The number of rotatable bonds is 6. The maximum atomic E-state index is 5.38. The standard InChI is InChI=1S/C51H31N3S2/c1-2-12-32(13-3-1)45-30-46(34-15-8-14-33(26-34)35-16-11-25-52-31-35)54-51(53-45)38-28-36(39-19-9-21-43-41-17-4-6-23-47(41)55-49(39)43)27-37(29-38)40-20-10-22-44-42-18-5-7-24-48(42)56-50(40)44/h1-31H. The lowest BCUT2D eigenvalue weighted by Gasteiger charge is -2.14. The number of pyridine rings is 1. The highest BCUT2D eigenvalue weighted by atomic mass is 32.1. The topological polar surface area (TPSA) is 38.7 Å². The van der Waals surface area contributed by atoms with E-state index in [1.165, 1.54) is 51.5 Å². The Bertz CT molecular complexity index is 3120. The number of thiophene rings is 2. The van der Waals surface area contributed by atoms with Crippen LogP contribution in [0.5, 0.6) is 0 Å². The molecule has 3 nitrogen and oxygen atoms in total. The van der Waals surface area contributed by atoms with Gasteiger partial charge in [-0.1, -0.05) is 127 Å². The summed E-state index contributed by atoms with van der Waals surface area (Å²) in [5.41, 5.74) is 11.6. The predicted octanol–water partition coefficient (Wildman–Crippen LogP) is 14.6. The van der Waals surface area contributed by atoms with Crippen molar-refractivity contribution in [2.24, 2.45) is 0 Å². The molecule has 0 aliphatic carbocycles. The second kappa shape index (κ2) is 13.5. The van der Waals surface area contributed by atoms with Gasteiger partial charge >= 0.3 is 0 Å². The summed E-state index contributed by atoms with van der Waals surface area (Å²) in [7, 11) is 0. The summed E-state index contributed by atoms with van der Waals surface area (Å²) in [6.07, 6.45) is 3.71. The highest BCUT2D eigenvalue weighted by Crippen LogP contribution is 2.45. The molecule has 5 heteroatoms. The summed E-state index contributed by atoms with van der Waals surface area (Å²) in [6, 6.07) is 62.9. The van der Waals surface area contributed by atoms with Crippen LogP contribution in [0.15, 0.2) is 188 Å². The van der Waals surface area contributed by atoms with E-state index in [1.54, 1.807) is 6.20 Å². The van der Waals surface area contributed by atoms with Gasteiger partial charge in [0.1, 0.15) is 0 Å². The molecule has 56 heavy (non-hydrogen) atoms. The molecular weight excluding hydrogens is 719 g/mol. The van der Waals surface area contributed by atoms with Crippen molar-refractivity contribution in [3.05, 3.63) is 188 Å². The Morgan fingerprint density at radius 2 is 0.839 bits per heavy atom. The second-order valence-electron chi connectivity index (χ2n) is 14.0. The number of hydrogen-bond acceptors (Lipinski definition) is 5. The predicted molar refractivity (Wildman–Crippen MR) is 238 cm³/mol. The first-order chi connectivity index (χ1) is 27.7. The van der Waals surface area contributed by atoms with Crippen LogP contribution >= 0.6 is 22.7 Å². The van der Waals surface area contributed by atoms with E-state index < -0.39 is 0 Å². The Kier molecular flexibility index (Phi) is 7.87. The number of benzene rings is 7. The molecule has 262 valence electrons. The molecule has 0 N–H and O–H groups in total. The van der Waals surface area contributed by atoms with Crippen LogP contribution in [-0.4, -0.2) is 15.0 Å². The van der Waals surface area contributed by atoms with Crippen molar-refractivity contribution < 1.29 is 0 Å². The largest absolute Gasteiger partial charge is 0.264 e. The van der Waals surface area contributed by atoms with E-state index in [1.807, 2.05) is 41.0 Å². The zero-order valence-electron chi connectivity index (χ0n) is 30.1. The molecule has 0 bridgehead atoms. The van der Waals surface area contributed by atoms with Crippen LogP contribution in [0, 0.1) is 0 Å². The second-order valence-corrected chi connectivity index (χ2v) is 16.1. The Morgan fingerprint density at radius 1 is 0.339 bits per heavy atom. The van der Waals surface area contributed by atoms with Gasteiger partial charge in [-0.2, -0.15) is 0 Å². The summed E-state index contributed by atoms with van der Waals surface area (Å²) in [6.45, 7) is 0. The van der Waals surface area contributed by atoms with Crippen molar-refractivity contribution in [3.63, 3.8) is 0 Å². The van der Waals surface area contributed by atoms with Crippen molar-refractivity contribution in [1.29, 1.82) is 0 Å². The van der Waals surface area contributed by atoms with Crippen molar-refractivity contribution in [1.82, 2.24) is 15.0 Å². The lowest BCUT2D eigenvalue weighted by Crippen LogP contribution is -1.97. The first-order valence-electron chi connectivity index (χ1n) is 18.7. The minimum atomic E-state index is 0.684. The Labute approximate surface area is 331 Å². The third-order valence-corrected chi connectivity index (χ3v) is 13.0. The van der Waals surface area contributed by atoms with Crippen molar-refractivity contribution in [3.8, 4) is 67.3 Å². The quantitative estimate of drug-likeness (QED) is 0.170. The van der Waals surface area contributed by atoms with Gasteiger partial charge in [0.25, 0.3) is 0 Å². The number of fused-ring (bicyclic) bond motifs is 6. The zero-order chi connectivity index (χ0) is 37.0. The van der Waals surface area contributed by atoms with Gasteiger partial charge in [-0.15, -0.1) is 22.7 Å². The van der Waals surface area contributed by atoms with Gasteiger partial charge in [0, 0.05) is 75.0 Å². The van der Waals surface area contributed by atoms with Gasteiger partial charge in [-0.3, -0.25) is 4.98 Å². The van der Waals surface area contributed by atoms with E-state index >= 15 is 0 Å². The van der Waals surface area contributed by atoms with Crippen LogP contribution in [0.3, 0.4) is 0 Å². The van der Waals surface area contributed by atoms with Crippen molar-refractivity contribution in [2.45, 2.75) is 0 Å². The molecule has 4 aromatic heterocycles. The molecule has 4 heterocycles. The van der Waals surface area contributed by atoms with Gasteiger partial charge < -0.3 is 0 Å². The molecule has 0 radical (unpaired) electrons. The number of hydrogen-bond donors (Lipinski definition) is 0. The van der Waals surface area contributed by atoms with E-state index in [9.17, 15) is 0 Å². The SMILES string of the molecule is c1ccc(-c2cc(-c3cccc(-c4cccnc4)c3)nc(-c3cc(-c4cccc5c4sc4ccccc45)cc(-c4cccc5c4sc4ccccc45)c3)n2)cc1. The van der Waals surface area contributed by atoms with E-state index in [-0.39, 0.29) is 0 Å². The van der Waals surface area contributed by atoms with Crippen molar-refractivity contribution in [2.75, 3.05) is 0 Å². The average molecular weight is 750 g/mol. The van der Waals surface area contributed by atoms with Crippen LogP contribution in [0.2, 0.25) is 0 Å². The summed E-state index contributed by atoms with van der Waals surface area (Å²) in [5.74, 6) is 0.684. The molecule has 0 amide bonds. The Balaban J connectivity index is 1.17. The smallest absolute Gasteiger partial charge is 0.160 e. The molecule has 0 fully saturated rings. The monoisotopic (exact) mass is 749 g/mol. The number of nitrogens with zero attached hydrogens (tertiary/aromatic N) is 3. The van der Waals surface area contributed by atoms with E-state index in [0.717, 1.165) is 50.3 Å². The van der Waals surface area contributed by atoms with Gasteiger partial charge in [0.15, 0.2) is 5.82 Å². The maximum Gasteiger partial charge on any atom is 0.160 e. The molecule has 11 aromatic rings. The summed E-state index contributed by atoms with van der Waals surface area (Å²) < 4.78 is 5.14. The molecule has 0 spiro atoms. The van der Waals surface area contributed by atoms with Gasteiger partial charge in [0.2, 0.25) is 0 Å². The zero-order valence-corrected chi connectivity index (χ0v) is 31.7. The van der Waals surface area contributed by atoms with Gasteiger partial charge in [-0.25, -0.2) is 9.97 Å². The average Bonchev–Trinajstić information content (AvgIpc) is 3.86. The van der Waals surface area contributed by atoms with Crippen LogP contribution in [0.1, 0.15) is 0 Å². The first kappa shape index (κ1) is 32.6. The third kappa shape index (κ3) is 5.68. The van der Waals surface area contributed by atoms with Gasteiger partial charge in [-0.05, 0) is 76.3 Å². The highest BCUT2D eigenvalue weighted by Gasteiger charge is 2.18. The normalized spacial score (nSPS) is 11.6. The van der Waals surface area contributed by atoms with E-state index in [0.29, 0.717) is 5.82 Å². The third-order valence-electron chi connectivity index (χ3n) is 10.6. The minimum absolute atomic E-state index is 0.684. The Morgan fingerprint density at radius 3 is 1.48 bits per heavy atom. The van der Waals surface area contributed by atoms with Crippen LogP contribution in [-0.2, 0) is 0 Å². The fraction of sp³-hybridized carbons (Fsp3) is 0. The summed E-state index contributed by atoms with van der Waals surface area (Å²) >= 11 is 3.71. The molecule has 0 saturated carbocycles. The van der Waals surface area contributed by atoms with Crippen LogP contribution in [0.4, 0.5) is 0 Å². The minimum Gasteiger partial charge on any atom is -0.264 e. The fourth-order valence-electron chi connectivity index (χ4n) is 7.89. The van der Waals surface area contributed by atoms with Gasteiger partial charge in [0.05, 0.1) is 11.4 Å². The molecule has 0 saturated heterocycles. The number of aromatic nitrogens is 3.